The van der Waals surface area contributed by atoms with Crippen LogP contribution in [0.2, 0.25) is 0 Å². The SMILES string of the molecule is CC1CNC(C)(C2CCN(C(C)C)CC2)OC1.Cl. The van der Waals surface area contributed by atoms with Crippen LogP contribution in [0, 0.1) is 11.8 Å². The molecular weight excluding hydrogens is 248 g/mol. The molecule has 4 heteroatoms. The average Bonchev–Trinajstić information content (AvgIpc) is 2.33. The van der Waals surface area contributed by atoms with Gasteiger partial charge in [0.1, 0.15) is 5.72 Å². The molecule has 0 saturated carbocycles. The molecule has 2 aliphatic rings. The van der Waals surface area contributed by atoms with Gasteiger partial charge in [0.15, 0.2) is 0 Å². The maximum Gasteiger partial charge on any atom is 0.119 e. The van der Waals surface area contributed by atoms with E-state index >= 15 is 0 Å². The normalized spacial score (nSPS) is 35.5. The summed E-state index contributed by atoms with van der Waals surface area (Å²) in [5, 5.41) is 3.62. The van der Waals surface area contributed by atoms with Crippen molar-refractivity contribution >= 4 is 12.4 Å². The van der Waals surface area contributed by atoms with Crippen LogP contribution in [0.15, 0.2) is 0 Å². The molecule has 0 bridgehead atoms. The van der Waals surface area contributed by atoms with E-state index in [-0.39, 0.29) is 18.1 Å². The topological polar surface area (TPSA) is 24.5 Å². The third-order valence-corrected chi connectivity index (χ3v) is 4.51. The van der Waals surface area contributed by atoms with Crippen molar-refractivity contribution in [1.82, 2.24) is 10.2 Å². The van der Waals surface area contributed by atoms with E-state index in [0.29, 0.717) is 17.9 Å². The summed E-state index contributed by atoms with van der Waals surface area (Å²) in [5.41, 5.74) is -0.0738. The second-order valence-electron chi connectivity index (χ2n) is 6.31. The van der Waals surface area contributed by atoms with E-state index in [1.807, 2.05) is 0 Å². The molecule has 2 atom stereocenters. The van der Waals surface area contributed by atoms with Crippen molar-refractivity contribution < 1.29 is 4.74 Å². The number of likely N-dealkylation sites (tertiary alicyclic amines) is 1. The lowest BCUT2D eigenvalue weighted by Crippen LogP contribution is -2.59. The number of ether oxygens (including phenoxy) is 1. The molecule has 3 nitrogen and oxygen atoms in total. The Balaban J connectivity index is 0.00000162. The lowest BCUT2D eigenvalue weighted by molar-refractivity contribution is -0.146. The fourth-order valence-corrected chi connectivity index (χ4v) is 3.03. The third-order valence-electron chi connectivity index (χ3n) is 4.51. The first-order chi connectivity index (χ1) is 8.01. The molecule has 0 aromatic rings. The van der Waals surface area contributed by atoms with Gasteiger partial charge >= 0.3 is 0 Å². The van der Waals surface area contributed by atoms with Crippen LogP contribution >= 0.6 is 12.4 Å². The van der Waals surface area contributed by atoms with Crippen molar-refractivity contribution in [2.24, 2.45) is 11.8 Å². The summed E-state index contributed by atoms with van der Waals surface area (Å²) in [6.07, 6.45) is 2.52. The number of rotatable bonds is 2. The Kier molecular flexibility index (Phi) is 5.91. The van der Waals surface area contributed by atoms with E-state index in [9.17, 15) is 0 Å². The fraction of sp³-hybridized carbons (Fsp3) is 1.00. The molecule has 0 aliphatic carbocycles. The van der Waals surface area contributed by atoms with Crippen LogP contribution in [-0.4, -0.2) is 42.9 Å². The lowest BCUT2D eigenvalue weighted by atomic mass is 9.85. The number of piperidine rings is 1. The second-order valence-corrected chi connectivity index (χ2v) is 6.31. The maximum absolute atomic E-state index is 6.08. The van der Waals surface area contributed by atoms with Gasteiger partial charge in [0.25, 0.3) is 0 Å². The average molecular weight is 277 g/mol. The Morgan fingerprint density at radius 3 is 2.33 bits per heavy atom. The highest BCUT2D eigenvalue weighted by molar-refractivity contribution is 5.85. The number of hydrogen-bond acceptors (Lipinski definition) is 3. The largest absolute Gasteiger partial charge is 0.360 e. The summed E-state index contributed by atoms with van der Waals surface area (Å²) in [5.74, 6) is 1.32. The zero-order chi connectivity index (χ0) is 12.5. The first kappa shape index (κ1) is 16.2. The Morgan fingerprint density at radius 2 is 1.89 bits per heavy atom. The van der Waals surface area contributed by atoms with Crippen molar-refractivity contribution in [1.29, 1.82) is 0 Å². The summed E-state index contributed by atoms with van der Waals surface area (Å²) >= 11 is 0. The van der Waals surface area contributed by atoms with Crippen LogP contribution < -0.4 is 5.32 Å². The molecule has 0 aromatic heterocycles. The van der Waals surface area contributed by atoms with E-state index < -0.39 is 0 Å². The molecule has 108 valence electrons. The van der Waals surface area contributed by atoms with Gasteiger partial charge in [-0.15, -0.1) is 12.4 Å². The highest BCUT2D eigenvalue weighted by Crippen LogP contribution is 2.32. The Morgan fingerprint density at radius 1 is 1.28 bits per heavy atom. The smallest absolute Gasteiger partial charge is 0.119 e. The summed E-state index contributed by atoms with van der Waals surface area (Å²) in [7, 11) is 0. The van der Waals surface area contributed by atoms with Gasteiger partial charge in [-0.2, -0.15) is 0 Å². The van der Waals surface area contributed by atoms with Gasteiger partial charge in [-0.25, -0.2) is 0 Å². The van der Waals surface area contributed by atoms with Crippen molar-refractivity contribution in [3.05, 3.63) is 0 Å². The minimum absolute atomic E-state index is 0. The van der Waals surface area contributed by atoms with Crippen LogP contribution in [0.25, 0.3) is 0 Å². The van der Waals surface area contributed by atoms with Gasteiger partial charge in [-0.3, -0.25) is 5.32 Å². The predicted octanol–water partition coefficient (Wildman–Crippen LogP) is 2.50. The molecule has 0 spiro atoms. The summed E-state index contributed by atoms with van der Waals surface area (Å²) in [4.78, 5) is 2.57. The summed E-state index contributed by atoms with van der Waals surface area (Å²) < 4.78 is 6.08. The van der Waals surface area contributed by atoms with E-state index in [1.165, 1.54) is 25.9 Å². The monoisotopic (exact) mass is 276 g/mol. The molecular formula is C14H29ClN2O. The van der Waals surface area contributed by atoms with Crippen LogP contribution in [0.1, 0.15) is 40.5 Å². The van der Waals surface area contributed by atoms with E-state index in [2.05, 4.69) is 37.9 Å². The summed E-state index contributed by atoms with van der Waals surface area (Å²) in [6, 6.07) is 0.684. The second kappa shape index (κ2) is 6.56. The van der Waals surface area contributed by atoms with Crippen molar-refractivity contribution in [2.45, 2.75) is 52.3 Å². The summed E-state index contributed by atoms with van der Waals surface area (Å²) in [6.45, 7) is 13.5. The van der Waals surface area contributed by atoms with E-state index in [0.717, 1.165) is 13.2 Å². The van der Waals surface area contributed by atoms with Crippen molar-refractivity contribution in [2.75, 3.05) is 26.2 Å². The first-order valence-electron chi connectivity index (χ1n) is 7.14. The standard InChI is InChI=1S/C14H28N2O.ClH/c1-11(2)16-7-5-13(6-8-16)14(4)15-9-12(3)10-17-14;/h11-13,15H,5-10H2,1-4H3;1H. The van der Waals surface area contributed by atoms with Crippen LogP contribution in [0.5, 0.6) is 0 Å². The van der Waals surface area contributed by atoms with Gasteiger partial charge in [0.05, 0.1) is 6.61 Å². The number of hydrogen-bond donors (Lipinski definition) is 1. The van der Waals surface area contributed by atoms with Crippen LogP contribution in [0.3, 0.4) is 0 Å². The molecule has 1 N–H and O–H groups in total. The molecule has 18 heavy (non-hydrogen) atoms. The zero-order valence-corrected chi connectivity index (χ0v) is 13.1. The number of nitrogens with one attached hydrogen (secondary N) is 1. The van der Waals surface area contributed by atoms with E-state index in [1.54, 1.807) is 0 Å². The lowest BCUT2D eigenvalue weighted by Gasteiger charge is -2.47. The molecule has 2 saturated heterocycles. The Bertz CT molecular complexity index is 244. The van der Waals surface area contributed by atoms with Gasteiger partial charge in [0, 0.05) is 18.5 Å². The minimum atomic E-state index is -0.0738. The van der Waals surface area contributed by atoms with Crippen molar-refractivity contribution in [3.8, 4) is 0 Å². The van der Waals surface area contributed by atoms with Crippen LogP contribution in [-0.2, 0) is 4.74 Å². The Hall–Kier alpha value is 0.170. The van der Waals surface area contributed by atoms with Gasteiger partial charge in [-0.1, -0.05) is 6.92 Å². The predicted molar refractivity (Wildman–Crippen MR) is 78.2 cm³/mol. The van der Waals surface area contributed by atoms with Crippen LogP contribution in [0.4, 0.5) is 0 Å². The number of halogens is 1. The maximum atomic E-state index is 6.08. The highest BCUT2D eigenvalue weighted by atomic mass is 35.5. The third kappa shape index (κ3) is 3.60. The zero-order valence-electron chi connectivity index (χ0n) is 12.2. The highest BCUT2D eigenvalue weighted by Gasteiger charge is 2.39. The molecule has 2 unspecified atom stereocenters. The fourth-order valence-electron chi connectivity index (χ4n) is 3.03. The molecule has 0 radical (unpaired) electrons. The first-order valence-corrected chi connectivity index (χ1v) is 7.14. The molecule has 0 aromatic carbocycles. The van der Waals surface area contributed by atoms with Gasteiger partial charge in [0.2, 0.25) is 0 Å². The van der Waals surface area contributed by atoms with Gasteiger partial charge < -0.3 is 9.64 Å². The number of nitrogens with zero attached hydrogens (tertiary/aromatic N) is 1. The van der Waals surface area contributed by atoms with E-state index in [4.69, 9.17) is 4.74 Å². The minimum Gasteiger partial charge on any atom is -0.360 e. The quantitative estimate of drug-likeness (QED) is 0.839. The molecule has 2 fully saturated rings. The molecule has 2 heterocycles. The molecule has 2 aliphatic heterocycles. The van der Waals surface area contributed by atoms with Gasteiger partial charge in [-0.05, 0) is 52.6 Å². The van der Waals surface area contributed by atoms with Crippen molar-refractivity contribution in [3.63, 3.8) is 0 Å². The molecule has 0 amide bonds. The molecule has 2 rings (SSSR count). The Labute approximate surface area is 118 Å².